The Morgan fingerprint density at radius 3 is 2.72 bits per heavy atom. The maximum Gasteiger partial charge on any atom is 0.254 e. The van der Waals surface area contributed by atoms with E-state index in [1.807, 2.05) is 54.4 Å². The fourth-order valence-electron chi connectivity index (χ4n) is 3.70. The molecule has 152 valence electrons. The van der Waals surface area contributed by atoms with E-state index in [4.69, 9.17) is 4.98 Å². The summed E-state index contributed by atoms with van der Waals surface area (Å²) in [5.41, 5.74) is 3.64. The zero-order valence-electron chi connectivity index (χ0n) is 17.6. The van der Waals surface area contributed by atoms with Crippen LogP contribution in [-0.2, 0) is 13.1 Å². The van der Waals surface area contributed by atoms with Gasteiger partial charge in [0.1, 0.15) is 11.3 Å². The number of carbonyl (C=O) groups is 1. The SMILES string of the molecule is Cc1ccccc1C(=O)N(CCC(C)C)Cc1nc2cccnc2n1CC1CC1. The van der Waals surface area contributed by atoms with Crippen molar-refractivity contribution in [3.63, 3.8) is 0 Å². The summed E-state index contributed by atoms with van der Waals surface area (Å²) >= 11 is 0. The molecule has 0 bridgehead atoms. The third-order valence-electron chi connectivity index (χ3n) is 5.69. The summed E-state index contributed by atoms with van der Waals surface area (Å²) in [6.45, 7) is 8.58. The highest BCUT2D eigenvalue weighted by Gasteiger charge is 2.26. The lowest BCUT2D eigenvalue weighted by atomic mass is 10.1. The van der Waals surface area contributed by atoms with Crippen molar-refractivity contribution < 1.29 is 4.79 Å². The minimum Gasteiger partial charge on any atom is -0.331 e. The van der Waals surface area contributed by atoms with Crippen molar-refractivity contribution in [2.24, 2.45) is 11.8 Å². The van der Waals surface area contributed by atoms with Crippen LogP contribution >= 0.6 is 0 Å². The lowest BCUT2D eigenvalue weighted by Crippen LogP contribution is -2.33. The van der Waals surface area contributed by atoms with Crippen LogP contribution in [0.2, 0.25) is 0 Å². The largest absolute Gasteiger partial charge is 0.331 e. The molecule has 2 aromatic heterocycles. The van der Waals surface area contributed by atoms with Gasteiger partial charge in [0.25, 0.3) is 5.91 Å². The summed E-state index contributed by atoms with van der Waals surface area (Å²) in [6.07, 6.45) is 5.33. The minimum atomic E-state index is 0.0849. The van der Waals surface area contributed by atoms with E-state index < -0.39 is 0 Å². The van der Waals surface area contributed by atoms with Crippen molar-refractivity contribution in [2.45, 2.75) is 53.1 Å². The summed E-state index contributed by atoms with van der Waals surface area (Å²) in [5, 5.41) is 0. The molecule has 1 aromatic carbocycles. The molecule has 3 aromatic rings. The highest BCUT2D eigenvalue weighted by molar-refractivity contribution is 5.95. The van der Waals surface area contributed by atoms with Gasteiger partial charge < -0.3 is 9.47 Å². The summed E-state index contributed by atoms with van der Waals surface area (Å²) in [4.78, 5) is 24.8. The molecule has 1 fully saturated rings. The maximum atomic E-state index is 13.4. The van der Waals surface area contributed by atoms with Gasteiger partial charge in [-0.3, -0.25) is 4.79 Å². The molecule has 0 aliphatic heterocycles. The molecule has 1 saturated carbocycles. The number of hydrogen-bond donors (Lipinski definition) is 0. The fourth-order valence-corrected chi connectivity index (χ4v) is 3.70. The first-order chi connectivity index (χ1) is 14.0. The van der Waals surface area contributed by atoms with Crippen LogP contribution < -0.4 is 0 Å². The van der Waals surface area contributed by atoms with Gasteiger partial charge in [0.05, 0.1) is 6.54 Å². The minimum absolute atomic E-state index is 0.0849. The van der Waals surface area contributed by atoms with E-state index in [2.05, 4.69) is 23.4 Å². The summed E-state index contributed by atoms with van der Waals surface area (Å²) in [7, 11) is 0. The van der Waals surface area contributed by atoms with Crippen LogP contribution in [0.15, 0.2) is 42.6 Å². The average Bonchev–Trinajstić information content (AvgIpc) is 3.46. The molecule has 0 radical (unpaired) electrons. The zero-order valence-corrected chi connectivity index (χ0v) is 17.6. The Labute approximate surface area is 172 Å². The van der Waals surface area contributed by atoms with Crippen molar-refractivity contribution in [3.05, 3.63) is 59.5 Å². The Balaban J connectivity index is 1.67. The van der Waals surface area contributed by atoms with Crippen molar-refractivity contribution in [1.29, 1.82) is 0 Å². The third kappa shape index (κ3) is 4.50. The second-order valence-corrected chi connectivity index (χ2v) is 8.65. The number of hydrogen-bond acceptors (Lipinski definition) is 3. The van der Waals surface area contributed by atoms with Crippen LogP contribution in [0.3, 0.4) is 0 Å². The van der Waals surface area contributed by atoms with Gasteiger partial charge >= 0.3 is 0 Å². The second-order valence-electron chi connectivity index (χ2n) is 8.65. The van der Waals surface area contributed by atoms with E-state index in [0.717, 1.165) is 47.6 Å². The molecule has 5 nitrogen and oxygen atoms in total. The summed E-state index contributed by atoms with van der Waals surface area (Å²) < 4.78 is 2.24. The normalized spacial score (nSPS) is 13.9. The summed E-state index contributed by atoms with van der Waals surface area (Å²) in [6, 6.07) is 11.8. The van der Waals surface area contributed by atoms with Crippen LogP contribution in [0.1, 0.15) is 54.9 Å². The smallest absolute Gasteiger partial charge is 0.254 e. The topological polar surface area (TPSA) is 51.0 Å². The van der Waals surface area contributed by atoms with Gasteiger partial charge in [0.15, 0.2) is 5.65 Å². The number of aromatic nitrogens is 3. The highest BCUT2D eigenvalue weighted by Crippen LogP contribution is 2.32. The van der Waals surface area contributed by atoms with Gasteiger partial charge in [-0.05, 0) is 61.8 Å². The summed E-state index contributed by atoms with van der Waals surface area (Å²) in [5.74, 6) is 2.27. The number of rotatable bonds is 8. The molecular formula is C24H30N4O. The van der Waals surface area contributed by atoms with Crippen LogP contribution in [0, 0.1) is 18.8 Å². The first kappa shape index (κ1) is 19.6. The van der Waals surface area contributed by atoms with Gasteiger partial charge in [-0.2, -0.15) is 0 Å². The number of pyridine rings is 1. The van der Waals surface area contributed by atoms with Gasteiger partial charge in [0, 0.05) is 24.8 Å². The Hall–Kier alpha value is -2.69. The Bertz CT molecular complexity index is 1000. The first-order valence-electron chi connectivity index (χ1n) is 10.7. The van der Waals surface area contributed by atoms with Crippen LogP contribution in [0.5, 0.6) is 0 Å². The lowest BCUT2D eigenvalue weighted by Gasteiger charge is -2.24. The number of amides is 1. The predicted octanol–water partition coefficient (Wildman–Crippen LogP) is 4.84. The van der Waals surface area contributed by atoms with Gasteiger partial charge in [-0.1, -0.05) is 32.0 Å². The predicted molar refractivity (Wildman–Crippen MR) is 116 cm³/mol. The first-order valence-corrected chi connectivity index (χ1v) is 10.7. The number of carbonyl (C=O) groups excluding carboxylic acids is 1. The van der Waals surface area contributed by atoms with Crippen LogP contribution in [-0.4, -0.2) is 31.9 Å². The van der Waals surface area contributed by atoms with E-state index in [-0.39, 0.29) is 5.91 Å². The lowest BCUT2D eigenvalue weighted by molar-refractivity contribution is 0.0728. The molecule has 4 rings (SSSR count). The average molecular weight is 391 g/mol. The molecule has 0 saturated heterocycles. The molecular weight excluding hydrogens is 360 g/mol. The van der Waals surface area contributed by atoms with Gasteiger partial charge in [-0.25, -0.2) is 9.97 Å². The molecule has 1 amide bonds. The van der Waals surface area contributed by atoms with E-state index in [1.54, 1.807) is 0 Å². The van der Waals surface area contributed by atoms with Gasteiger partial charge in [-0.15, -0.1) is 0 Å². The molecule has 1 aliphatic rings. The number of aryl methyl sites for hydroxylation is 1. The van der Waals surface area contributed by atoms with Crippen molar-refractivity contribution in [2.75, 3.05) is 6.54 Å². The molecule has 1 aliphatic carbocycles. The number of fused-ring (bicyclic) bond motifs is 1. The monoisotopic (exact) mass is 390 g/mol. The molecule has 0 unspecified atom stereocenters. The zero-order chi connectivity index (χ0) is 20.4. The van der Waals surface area contributed by atoms with Crippen molar-refractivity contribution in [3.8, 4) is 0 Å². The highest BCUT2D eigenvalue weighted by atomic mass is 16.2. The van der Waals surface area contributed by atoms with E-state index in [1.165, 1.54) is 12.8 Å². The maximum absolute atomic E-state index is 13.4. The Morgan fingerprint density at radius 1 is 1.21 bits per heavy atom. The van der Waals surface area contributed by atoms with E-state index in [0.29, 0.717) is 18.4 Å². The molecule has 0 atom stereocenters. The standard InChI is InChI=1S/C24H30N4O/c1-17(2)12-14-27(24(29)20-8-5-4-7-18(20)3)16-22-26-21-9-6-13-25-23(21)28(22)15-19-10-11-19/h4-9,13,17,19H,10-12,14-16H2,1-3H3. The Kier molecular flexibility index (Phi) is 5.65. The van der Waals surface area contributed by atoms with Crippen LogP contribution in [0.4, 0.5) is 0 Å². The second kappa shape index (κ2) is 8.36. The quantitative estimate of drug-likeness (QED) is 0.553. The van der Waals surface area contributed by atoms with Crippen molar-refractivity contribution >= 4 is 17.1 Å². The number of nitrogens with zero attached hydrogens (tertiary/aromatic N) is 4. The fraction of sp³-hybridized carbons (Fsp3) is 0.458. The molecule has 0 spiro atoms. The van der Waals surface area contributed by atoms with Crippen molar-refractivity contribution in [1.82, 2.24) is 19.4 Å². The molecule has 2 heterocycles. The van der Waals surface area contributed by atoms with E-state index >= 15 is 0 Å². The number of imidazole rings is 1. The number of benzene rings is 1. The molecule has 5 heteroatoms. The van der Waals surface area contributed by atoms with E-state index in [9.17, 15) is 4.79 Å². The molecule has 0 N–H and O–H groups in total. The third-order valence-corrected chi connectivity index (χ3v) is 5.69. The Morgan fingerprint density at radius 2 is 2.00 bits per heavy atom. The van der Waals surface area contributed by atoms with Crippen LogP contribution in [0.25, 0.3) is 11.2 Å². The van der Waals surface area contributed by atoms with Gasteiger partial charge in [0.2, 0.25) is 0 Å². The molecule has 29 heavy (non-hydrogen) atoms.